The first kappa shape index (κ1) is 78.3. The van der Waals surface area contributed by atoms with Crippen LogP contribution in [0.25, 0.3) is 0 Å². The van der Waals surface area contributed by atoms with Gasteiger partial charge in [0, 0.05) is 12.8 Å². The first-order valence-electron chi connectivity index (χ1n) is 36.6. The summed E-state index contributed by atoms with van der Waals surface area (Å²) < 4.78 is 5.50. The van der Waals surface area contributed by atoms with Gasteiger partial charge in [0.2, 0.25) is 5.91 Å². The number of carbonyl (C=O) groups is 2. The highest BCUT2D eigenvalue weighted by molar-refractivity contribution is 5.76. The zero-order valence-corrected chi connectivity index (χ0v) is 54.3. The van der Waals surface area contributed by atoms with Crippen LogP contribution in [0.1, 0.15) is 412 Å². The van der Waals surface area contributed by atoms with E-state index in [9.17, 15) is 19.8 Å². The molecule has 0 saturated heterocycles. The summed E-state index contributed by atoms with van der Waals surface area (Å²) in [5.41, 5.74) is 0. The van der Waals surface area contributed by atoms with Crippen LogP contribution in [0.5, 0.6) is 0 Å². The van der Waals surface area contributed by atoms with E-state index in [-0.39, 0.29) is 18.5 Å². The van der Waals surface area contributed by atoms with Gasteiger partial charge in [0.25, 0.3) is 0 Å². The summed E-state index contributed by atoms with van der Waals surface area (Å²) in [6.07, 6.45) is 88.4. The third kappa shape index (κ3) is 65.5. The van der Waals surface area contributed by atoms with Crippen molar-refractivity contribution in [1.82, 2.24) is 5.32 Å². The maximum Gasteiger partial charge on any atom is 0.305 e. The predicted octanol–water partition coefficient (Wildman–Crippen LogP) is 23.7. The molecule has 0 radical (unpaired) electrons. The molecule has 80 heavy (non-hydrogen) atoms. The molecular formula is C74H143NO5. The molecule has 0 aliphatic heterocycles. The minimum absolute atomic E-state index is 0.0198. The van der Waals surface area contributed by atoms with Gasteiger partial charge in [-0.1, -0.05) is 366 Å². The molecular weight excluding hydrogens is 983 g/mol. The first-order chi connectivity index (χ1) is 39.5. The highest BCUT2D eigenvalue weighted by atomic mass is 16.5. The van der Waals surface area contributed by atoms with Crippen molar-refractivity contribution in [3.05, 3.63) is 24.3 Å². The molecule has 2 unspecified atom stereocenters. The highest BCUT2D eigenvalue weighted by Crippen LogP contribution is 2.19. The van der Waals surface area contributed by atoms with Gasteiger partial charge in [0.1, 0.15) is 0 Å². The molecule has 0 heterocycles. The molecule has 0 aliphatic carbocycles. The van der Waals surface area contributed by atoms with Gasteiger partial charge in [-0.2, -0.15) is 0 Å². The minimum atomic E-state index is -0.845. The van der Waals surface area contributed by atoms with Gasteiger partial charge in [0.05, 0.1) is 25.4 Å². The highest BCUT2D eigenvalue weighted by Gasteiger charge is 2.18. The predicted molar refractivity (Wildman–Crippen MR) is 352 cm³/mol. The SMILES string of the molecule is CCCCCCCCCCCCCCCCCCC/C=C/C(O)C(CO)NC(=O)CCCCCCCCCCCCCC/C=C\CCCCCCCCCCCCCCOC(=O)CCCCCCCCCCCCCCCCCC. The van der Waals surface area contributed by atoms with Crippen molar-refractivity contribution < 1.29 is 24.5 Å². The molecule has 0 aromatic heterocycles. The van der Waals surface area contributed by atoms with Crippen molar-refractivity contribution >= 4 is 11.9 Å². The van der Waals surface area contributed by atoms with E-state index in [0.29, 0.717) is 19.4 Å². The molecule has 6 nitrogen and oxygen atoms in total. The standard InChI is InChI=1S/C74H143NO5/c1-3-5-7-9-11-13-15-17-19-21-32-35-38-42-46-50-54-58-62-66-72(77)71(70-76)75-73(78)67-63-59-55-51-47-43-39-36-33-30-28-26-24-22-23-25-27-29-31-34-37-41-45-49-53-57-61-65-69-80-74(79)68-64-60-56-52-48-44-40-20-18-16-14-12-10-8-6-4-2/h22-23,62,66,71-72,76-77H,3-21,24-61,63-65,67-70H2,1-2H3,(H,75,78)/b23-22-,66-62+. The Bertz CT molecular complexity index is 1250. The number of amides is 1. The molecule has 0 aromatic rings. The normalized spacial score (nSPS) is 12.6. The Morgan fingerprint density at radius 1 is 0.338 bits per heavy atom. The lowest BCUT2D eigenvalue weighted by molar-refractivity contribution is -0.143. The summed E-state index contributed by atoms with van der Waals surface area (Å²) in [4.78, 5) is 24.6. The van der Waals surface area contributed by atoms with Crippen LogP contribution in [-0.4, -0.2) is 47.4 Å². The Kier molecular flexibility index (Phi) is 68.4. The van der Waals surface area contributed by atoms with Crippen molar-refractivity contribution in [2.75, 3.05) is 13.2 Å². The number of nitrogens with one attached hydrogen (secondary N) is 1. The maximum absolute atomic E-state index is 12.5. The van der Waals surface area contributed by atoms with E-state index >= 15 is 0 Å². The number of aliphatic hydroxyl groups excluding tert-OH is 2. The molecule has 1 amide bonds. The number of unbranched alkanes of at least 4 members (excludes halogenated alkanes) is 56. The summed E-state index contributed by atoms with van der Waals surface area (Å²) in [7, 11) is 0. The molecule has 0 bridgehead atoms. The quantitative estimate of drug-likeness (QED) is 0.0320. The summed E-state index contributed by atoms with van der Waals surface area (Å²) in [5.74, 6) is -0.0443. The molecule has 6 heteroatoms. The maximum atomic E-state index is 12.5. The third-order valence-corrected chi connectivity index (χ3v) is 17.2. The number of rotatable bonds is 69. The van der Waals surface area contributed by atoms with Crippen LogP contribution in [0.3, 0.4) is 0 Å². The summed E-state index contributed by atoms with van der Waals surface area (Å²) in [6, 6.07) is -0.628. The number of hydrogen-bond acceptors (Lipinski definition) is 5. The Labute approximate surface area is 501 Å². The largest absolute Gasteiger partial charge is 0.466 e. The molecule has 0 spiro atoms. The van der Waals surface area contributed by atoms with E-state index in [2.05, 4.69) is 31.3 Å². The lowest BCUT2D eigenvalue weighted by Crippen LogP contribution is -2.45. The molecule has 0 rings (SSSR count). The summed E-state index contributed by atoms with van der Waals surface area (Å²) in [5, 5.41) is 23.2. The number of hydrogen-bond donors (Lipinski definition) is 3. The van der Waals surface area contributed by atoms with Crippen molar-refractivity contribution in [3.63, 3.8) is 0 Å². The third-order valence-electron chi connectivity index (χ3n) is 17.2. The number of allylic oxidation sites excluding steroid dienone is 3. The number of ether oxygens (including phenoxy) is 1. The average molecular weight is 1130 g/mol. The fraction of sp³-hybridized carbons (Fsp3) is 0.919. The zero-order valence-electron chi connectivity index (χ0n) is 54.3. The first-order valence-corrected chi connectivity index (χ1v) is 36.6. The van der Waals surface area contributed by atoms with Crippen molar-refractivity contribution in [2.45, 2.75) is 424 Å². The zero-order chi connectivity index (χ0) is 57.8. The second-order valence-corrected chi connectivity index (χ2v) is 25.3. The van der Waals surface area contributed by atoms with E-state index in [1.807, 2.05) is 6.08 Å². The van der Waals surface area contributed by atoms with Crippen molar-refractivity contribution in [1.29, 1.82) is 0 Å². The van der Waals surface area contributed by atoms with Crippen LogP contribution in [0.15, 0.2) is 24.3 Å². The average Bonchev–Trinajstić information content (AvgIpc) is 3.46. The fourth-order valence-corrected chi connectivity index (χ4v) is 11.6. The molecule has 2 atom stereocenters. The molecule has 474 valence electrons. The van der Waals surface area contributed by atoms with E-state index in [1.165, 1.54) is 347 Å². The number of esters is 1. The van der Waals surface area contributed by atoms with Gasteiger partial charge in [-0.3, -0.25) is 9.59 Å². The monoisotopic (exact) mass is 1130 g/mol. The van der Waals surface area contributed by atoms with Gasteiger partial charge in [-0.25, -0.2) is 0 Å². The van der Waals surface area contributed by atoms with E-state index < -0.39 is 12.1 Å². The van der Waals surface area contributed by atoms with Crippen molar-refractivity contribution in [2.24, 2.45) is 0 Å². The van der Waals surface area contributed by atoms with Crippen LogP contribution in [0.2, 0.25) is 0 Å². The van der Waals surface area contributed by atoms with E-state index in [1.54, 1.807) is 6.08 Å². The molecule has 0 fully saturated rings. The van der Waals surface area contributed by atoms with E-state index in [0.717, 1.165) is 38.5 Å². The van der Waals surface area contributed by atoms with E-state index in [4.69, 9.17) is 4.74 Å². The van der Waals surface area contributed by atoms with Crippen LogP contribution in [-0.2, 0) is 14.3 Å². The van der Waals surface area contributed by atoms with Crippen LogP contribution >= 0.6 is 0 Å². The lowest BCUT2D eigenvalue weighted by atomic mass is 10.0. The van der Waals surface area contributed by atoms with Gasteiger partial charge in [-0.05, 0) is 57.8 Å². The fourth-order valence-electron chi connectivity index (χ4n) is 11.6. The Morgan fingerprint density at radius 2 is 0.588 bits per heavy atom. The van der Waals surface area contributed by atoms with Crippen LogP contribution in [0.4, 0.5) is 0 Å². The Balaban J connectivity index is 3.39. The number of aliphatic hydroxyl groups is 2. The van der Waals surface area contributed by atoms with Gasteiger partial charge >= 0.3 is 5.97 Å². The summed E-state index contributed by atoms with van der Waals surface area (Å²) in [6.45, 7) is 4.95. The topological polar surface area (TPSA) is 95.9 Å². The smallest absolute Gasteiger partial charge is 0.305 e. The van der Waals surface area contributed by atoms with Crippen molar-refractivity contribution in [3.8, 4) is 0 Å². The van der Waals surface area contributed by atoms with Gasteiger partial charge < -0.3 is 20.3 Å². The molecule has 0 aliphatic rings. The number of carbonyl (C=O) groups excluding carboxylic acids is 2. The Hall–Kier alpha value is -1.66. The summed E-state index contributed by atoms with van der Waals surface area (Å²) >= 11 is 0. The molecule has 0 aromatic carbocycles. The minimum Gasteiger partial charge on any atom is -0.466 e. The van der Waals surface area contributed by atoms with Crippen LogP contribution in [0, 0.1) is 0 Å². The second kappa shape index (κ2) is 69.8. The van der Waals surface area contributed by atoms with Gasteiger partial charge in [0.15, 0.2) is 0 Å². The molecule has 0 saturated carbocycles. The van der Waals surface area contributed by atoms with Gasteiger partial charge in [-0.15, -0.1) is 0 Å². The molecule has 3 N–H and O–H groups in total. The second-order valence-electron chi connectivity index (χ2n) is 25.3. The lowest BCUT2D eigenvalue weighted by Gasteiger charge is -2.20. The Morgan fingerprint density at radius 3 is 0.887 bits per heavy atom. The van der Waals surface area contributed by atoms with Crippen LogP contribution < -0.4 is 5.32 Å².